The first-order valence-corrected chi connectivity index (χ1v) is 6.75. The molecule has 2 rings (SSSR count). The molecule has 0 amide bonds. The Morgan fingerprint density at radius 1 is 1.38 bits per heavy atom. The fraction of sp³-hybridized carbons (Fsp3) is 0.583. The van der Waals surface area contributed by atoms with Crippen LogP contribution in [0.2, 0.25) is 0 Å². The standard InChI is InChI=1S/C11H11F3N2O3.CH3Cl/c1-19-8(18)5-16-6-3-2-4-7(17)9(6)10(15-16)11(12,13)14;1-2/h2-5H2,1H3;1H3. The van der Waals surface area contributed by atoms with Gasteiger partial charge in [0.2, 0.25) is 0 Å². The van der Waals surface area contributed by atoms with Crippen LogP contribution >= 0.6 is 11.6 Å². The van der Waals surface area contributed by atoms with E-state index in [0.717, 1.165) is 11.8 Å². The number of nitrogens with zero attached hydrogens (tertiary/aromatic N) is 2. The molecular weight excluding hydrogens is 313 g/mol. The van der Waals surface area contributed by atoms with Gasteiger partial charge in [0.25, 0.3) is 0 Å². The van der Waals surface area contributed by atoms with Crippen molar-refractivity contribution in [1.82, 2.24) is 9.78 Å². The SMILES string of the molecule is CCl.COC(=O)Cn1nc(C(F)(F)F)c2c1CCCC2=O. The predicted octanol–water partition coefficient (Wildman–Crippen LogP) is 2.45. The van der Waals surface area contributed by atoms with Crippen molar-refractivity contribution in [2.45, 2.75) is 32.0 Å². The third-order valence-corrected chi connectivity index (χ3v) is 2.93. The zero-order chi connectivity index (χ0) is 16.2. The second-order valence-corrected chi connectivity index (χ2v) is 4.18. The normalized spacial score (nSPS) is 14.1. The Bertz CT molecular complexity index is 541. The molecule has 1 aliphatic rings. The van der Waals surface area contributed by atoms with Crippen molar-refractivity contribution in [3.05, 3.63) is 17.0 Å². The number of ketones is 1. The van der Waals surface area contributed by atoms with Gasteiger partial charge in [-0.3, -0.25) is 14.3 Å². The number of rotatable bonds is 2. The Hall–Kier alpha value is -1.57. The van der Waals surface area contributed by atoms with Gasteiger partial charge in [0.1, 0.15) is 6.54 Å². The van der Waals surface area contributed by atoms with E-state index in [-0.39, 0.29) is 12.1 Å². The van der Waals surface area contributed by atoms with Crippen molar-refractivity contribution in [2.24, 2.45) is 0 Å². The summed E-state index contributed by atoms with van der Waals surface area (Å²) in [7, 11) is 1.13. The highest BCUT2D eigenvalue weighted by Crippen LogP contribution is 2.35. The summed E-state index contributed by atoms with van der Waals surface area (Å²) in [5.41, 5.74) is -1.45. The minimum atomic E-state index is -4.71. The van der Waals surface area contributed by atoms with Gasteiger partial charge in [-0.1, -0.05) is 0 Å². The predicted molar refractivity (Wildman–Crippen MR) is 68.3 cm³/mol. The molecule has 0 N–H and O–H groups in total. The highest BCUT2D eigenvalue weighted by molar-refractivity contribution is 6.15. The first-order valence-electron chi connectivity index (χ1n) is 5.99. The Kier molecular flexibility index (Phi) is 5.77. The molecule has 0 atom stereocenters. The fourth-order valence-corrected chi connectivity index (χ4v) is 2.10. The molecule has 1 aliphatic carbocycles. The number of methoxy groups -OCH3 is 1. The van der Waals surface area contributed by atoms with Crippen molar-refractivity contribution in [3.8, 4) is 0 Å². The largest absolute Gasteiger partial charge is 0.468 e. The zero-order valence-electron chi connectivity index (χ0n) is 11.5. The molecule has 0 aliphatic heterocycles. The van der Waals surface area contributed by atoms with Crippen molar-refractivity contribution in [1.29, 1.82) is 0 Å². The van der Waals surface area contributed by atoms with Crippen molar-refractivity contribution >= 4 is 23.4 Å². The highest BCUT2D eigenvalue weighted by Gasteiger charge is 2.42. The molecular formula is C12H14ClF3N2O3. The van der Waals surface area contributed by atoms with Crippen LogP contribution in [0.5, 0.6) is 0 Å². The maximum atomic E-state index is 12.8. The Labute approximate surface area is 124 Å². The second kappa shape index (κ2) is 6.93. The summed E-state index contributed by atoms with van der Waals surface area (Å²) in [6.07, 6.45) is -2.42. The van der Waals surface area contributed by atoms with E-state index in [1.807, 2.05) is 0 Å². The minimum absolute atomic E-state index is 0.0694. The summed E-state index contributed by atoms with van der Waals surface area (Å²) >= 11 is 4.64. The molecule has 0 saturated carbocycles. The molecule has 0 aromatic carbocycles. The smallest absolute Gasteiger partial charge is 0.435 e. The number of carbonyl (C=O) groups excluding carboxylic acids is 2. The van der Waals surface area contributed by atoms with Gasteiger partial charge < -0.3 is 4.74 Å². The number of ether oxygens (including phenoxy) is 1. The van der Waals surface area contributed by atoms with Crippen molar-refractivity contribution in [3.63, 3.8) is 0 Å². The lowest BCUT2D eigenvalue weighted by atomic mass is 9.94. The van der Waals surface area contributed by atoms with Gasteiger partial charge in [-0.2, -0.15) is 18.3 Å². The lowest BCUT2D eigenvalue weighted by molar-refractivity contribution is -0.144. The van der Waals surface area contributed by atoms with Crippen LogP contribution in [0.4, 0.5) is 13.2 Å². The van der Waals surface area contributed by atoms with E-state index in [4.69, 9.17) is 0 Å². The van der Waals surface area contributed by atoms with Crippen LogP contribution in [-0.4, -0.2) is 35.0 Å². The average molecular weight is 327 g/mol. The molecule has 1 heterocycles. The third kappa shape index (κ3) is 3.75. The first kappa shape index (κ1) is 17.5. The molecule has 0 radical (unpaired) electrons. The lowest BCUT2D eigenvalue weighted by Gasteiger charge is -2.13. The van der Waals surface area contributed by atoms with Crippen LogP contribution in [0.3, 0.4) is 0 Å². The van der Waals surface area contributed by atoms with Crippen LogP contribution in [-0.2, 0) is 28.7 Å². The summed E-state index contributed by atoms with van der Waals surface area (Å²) in [6.45, 7) is -0.428. The van der Waals surface area contributed by atoms with Gasteiger partial charge in [-0.15, -0.1) is 11.6 Å². The van der Waals surface area contributed by atoms with Gasteiger partial charge in [-0.25, -0.2) is 0 Å². The minimum Gasteiger partial charge on any atom is -0.468 e. The van der Waals surface area contributed by atoms with E-state index in [0.29, 0.717) is 12.8 Å². The number of alkyl halides is 4. The van der Waals surface area contributed by atoms with Crippen LogP contribution in [0.25, 0.3) is 0 Å². The number of hydrogen-bond donors (Lipinski definition) is 0. The zero-order valence-corrected chi connectivity index (χ0v) is 12.2. The average Bonchev–Trinajstić information content (AvgIpc) is 2.81. The van der Waals surface area contributed by atoms with E-state index >= 15 is 0 Å². The topological polar surface area (TPSA) is 61.2 Å². The second-order valence-electron chi connectivity index (χ2n) is 4.18. The monoisotopic (exact) mass is 326 g/mol. The molecule has 0 saturated heterocycles. The summed E-state index contributed by atoms with van der Waals surface area (Å²) in [5.74, 6) is -1.29. The number of halogens is 4. The Balaban J connectivity index is 0.00000106. The number of Topliss-reactive ketones (excluding diaryl/α,β-unsaturated/α-hetero) is 1. The number of hydrogen-bond acceptors (Lipinski definition) is 4. The van der Waals surface area contributed by atoms with Gasteiger partial charge in [0, 0.05) is 12.8 Å². The molecule has 0 unspecified atom stereocenters. The number of fused-ring (bicyclic) bond motifs is 1. The summed E-state index contributed by atoms with van der Waals surface area (Å²) in [5, 5.41) is 3.37. The maximum Gasteiger partial charge on any atom is 0.435 e. The van der Waals surface area contributed by atoms with Crippen LogP contribution in [0.15, 0.2) is 0 Å². The van der Waals surface area contributed by atoms with Gasteiger partial charge >= 0.3 is 12.1 Å². The molecule has 0 fully saturated rings. The Morgan fingerprint density at radius 2 is 2.00 bits per heavy atom. The molecule has 21 heavy (non-hydrogen) atoms. The van der Waals surface area contributed by atoms with Crippen LogP contribution in [0.1, 0.15) is 34.6 Å². The lowest BCUT2D eigenvalue weighted by Crippen LogP contribution is -2.18. The van der Waals surface area contributed by atoms with Gasteiger partial charge in [0.15, 0.2) is 11.5 Å². The highest BCUT2D eigenvalue weighted by atomic mass is 35.5. The molecule has 1 aromatic heterocycles. The summed E-state index contributed by atoms with van der Waals surface area (Å²) < 4.78 is 43.8. The summed E-state index contributed by atoms with van der Waals surface area (Å²) in [4.78, 5) is 22.8. The molecule has 1 aromatic rings. The van der Waals surface area contributed by atoms with Gasteiger partial charge in [0.05, 0.1) is 18.4 Å². The quantitative estimate of drug-likeness (QED) is 0.618. The molecule has 0 spiro atoms. The first-order chi connectivity index (χ1) is 9.84. The van der Waals surface area contributed by atoms with Crippen LogP contribution < -0.4 is 0 Å². The molecule has 9 heteroatoms. The van der Waals surface area contributed by atoms with E-state index in [1.54, 1.807) is 0 Å². The summed E-state index contributed by atoms with van der Waals surface area (Å²) in [6, 6.07) is 0. The van der Waals surface area contributed by atoms with Gasteiger partial charge in [-0.05, 0) is 12.8 Å². The molecule has 5 nitrogen and oxygen atoms in total. The Morgan fingerprint density at radius 3 is 2.52 bits per heavy atom. The number of aromatic nitrogens is 2. The maximum absolute atomic E-state index is 12.8. The molecule has 0 bridgehead atoms. The van der Waals surface area contributed by atoms with Crippen LogP contribution in [0, 0.1) is 0 Å². The van der Waals surface area contributed by atoms with E-state index in [9.17, 15) is 22.8 Å². The number of carbonyl (C=O) groups is 2. The van der Waals surface area contributed by atoms with E-state index in [2.05, 4.69) is 21.4 Å². The third-order valence-electron chi connectivity index (χ3n) is 2.93. The van der Waals surface area contributed by atoms with Crippen molar-refractivity contribution in [2.75, 3.05) is 13.5 Å². The number of esters is 1. The van der Waals surface area contributed by atoms with E-state index in [1.165, 1.54) is 6.38 Å². The fourth-order valence-electron chi connectivity index (χ4n) is 2.10. The van der Waals surface area contributed by atoms with E-state index < -0.39 is 35.7 Å². The van der Waals surface area contributed by atoms with Crippen molar-refractivity contribution < 1.29 is 27.5 Å². The molecule has 118 valence electrons.